The standard InChI is InChI=1S/C9H17NO2/c1-3-10-5-9(1)12-7-8-2-4-11-6-8/h8-10H,1-7H2. The largest absolute Gasteiger partial charge is 0.381 e. The number of ether oxygens (including phenoxy) is 2. The highest BCUT2D eigenvalue weighted by Crippen LogP contribution is 2.14. The van der Waals surface area contributed by atoms with E-state index in [0.717, 1.165) is 32.9 Å². The van der Waals surface area contributed by atoms with Gasteiger partial charge in [0.05, 0.1) is 19.3 Å². The third-order valence-corrected chi connectivity index (χ3v) is 2.61. The van der Waals surface area contributed by atoms with Crippen LogP contribution in [0.3, 0.4) is 0 Å². The predicted octanol–water partition coefficient (Wildman–Crippen LogP) is 0.401. The van der Waals surface area contributed by atoms with Crippen LogP contribution in [0.1, 0.15) is 12.8 Å². The van der Waals surface area contributed by atoms with Crippen LogP contribution in [0.5, 0.6) is 0 Å². The lowest BCUT2D eigenvalue weighted by Crippen LogP contribution is -2.20. The molecule has 2 heterocycles. The van der Waals surface area contributed by atoms with Gasteiger partial charge in [0.25, 0.3) is 0 Å². The normalized spacial score (nSPS) is 36.0. The maximum atomic E-state index is 5.74. The van der Waals surface area contributed by atoms with Crippen LogP contribution >= 0.6 is 0 Å². The van der Waals surface area contributed by atoms with Crippen LogP contribution in [0.15, 0.2) is 0 Å². The summed E-state index contributed by atoms with van der Waals surface area (Å²) >= 11 is 0. The average Bonchev–Trinajstić information content (AvgIpc) is 2.74. The summed E-state index contributed by atoms with van der Waals surface area (Å²) in [5, 5.41) is 3.29. The van der Waals surface area contributed by atoms with Gasteiger partial charge < -0.3 is 14.8 Å². The quantitative estimate of drug-likeness (QED) is 0.667. The first-order valence-corrected chi connectivity index (χ1v) is 4.85. The molecule has 0 bridgehead atoms. The Kier molecular flexibility index (Phi) is 2.98. The minimum atomic E-state index is 0.464. The Morgan fingerprint density at radius 2 is 2.42 bits per heavy atom. The third-order valence-electron chi connectivity index (χ3n) is 2.61. The molecule has 2 fully saturated rings. The molecule has 70 valence electrons. The summed E-state index contributed by atoms with van der Waals surface area (Å²) in [6, 6.07) is 0. The van der Waals surface area contributed by atoms with E-state index in [1.807, 2.05) is 0 Å². The fraction of sp³-hybridized carbons (Fsp3) is 1.00. The van der Waals surface area contributed by atoms with Gasteiger partial charge in [-0.15, -0.1) is 0 Å². The first-order chi connectivity index (χ1) is 5.95. The van der Waals surface area contributed by atoms with Crippen molar-refractivity contribution in [1.29, 1.82) is 0 Å². The van der Waals surface area contributed by atoms with Gasteiger partial charge in [-0.3, -0.25) is 0 Å². The Morgan fingerprint density at radius 3 is 3.08 bits per heavy atom. The van der Waals surface area contributed by atoms with E-state index in [1.165, 1.54) is 12.8 Å². The Morgan fingerprint density at radius 1 is 1.42 bits per heavy atom. The second-order valence-electron chi connectivity index (χ2n) is 3.68. The van der Waals surface area contributed by atoms with E-state index >= 15 is 0 Å². The Hall–Kier alpha value is -0.120. The van der Waals surface area contributed by atoms with Crippen LogP contribution < -0.4 is 5.32 Å². The van der Waals surface area contributed by atoms with Crippen molar-refractivity contribution in [3.05, 3.63) is 0 Å². The molecule has 12 heavy (non-hydrogen) atoms. The molecule has 2 unspecified atom stereocenters. The molecule has 0 spiro atoms. The van der Waals surface area contributed by atoms with E-state index in [9.17, 15) is 0 Å². The molecule has 0 aromatic heterocycles. The van der Waals surface area contributed by atoms with E-state index in [-0.39, 0.29) is 0 Å². The topological polar surface area (TPSA) is 30.5 Å². The van der Waals surface area contributed by atoms with Gasteiger partial charge in [0.1, 0.15) is 0 Å². The molecule has 3 heteroatoms. The molecule has 0 amide bonds. The number of hydrogen-bond donors (Lipinski definition) is 1. The van der Waals surface area contributed by atoms with Crippen molar-refractivity contribution in [2.45, 2.75) is 18.9 Å². The molecule has 2 rings (SSSR count). The molecule has 2 aliphatic rings. The Labute approximate surface area is 73.4 Å². The van der Waals surface area contributed by atoms with E-state index in [1.54, 1.807) is 0 Å². The molecule has 2 atom stereocenters. The highest BCUT2D eigenvalue weighted by Gasteiger charge is 2.20. The summed E-state index contributed by atoms with van der Waals surface area (Å²) in [4.78, 5) is 0. The van der Waals surface area contributed by atoms with Crippen molar-refractivity contribution in [1.82, 2.24) is 5.32 Å². The van der Waals surface area contributed by atoms with Crippen molar-refractivity contribution < 1.29 is 9.47 Å². The molecular formula is C9H17NO2. The molecule has 0 radical (unpaired) electrons. The summed E-state index contributed by atoms with van der Waals surface area (Å²) in [5.74, 6) is 0.658. The molecule has 1 N–H and O–H groups in total. The van der Waals surface area contributed by atoms with E-state index in [4.69, 9.17) is 9.47 Å². The van der Waals surface area contributed by atoms with E-state index in [0.29, 0.717) is 12.0 Å². The Bertz CT molecular complexity index is 112. The van der Waals surface area contributed by atoms with E-state index in [2.05, 4.69) is 5.32 Å². The van der Waals surface area contributed by atoms with Crippen molar-refractivity contribution in [2.75, 3.05) is 32.9 Å². The first kappa shape index (κ1) is 8.48. The van der Waals surface area contributed by atoms with Gasteiger partial charge in [0.15, 0.2) is 0 Å². The lowest BCUT2D eigenvalue weighted by atomic mass is 10.1. The summed E-state index contributed by atoms with van der Waals surface area (Å²) in [7, 11) is 0. The molecule has 0 saturated carbocycles. The summed E-state index contributed by atoms with van der Waals surface area (Å²) in [5.41, 5.74) is 0. The van der Waals surface area contributed by atoms with Gasteiger partial charge in [-0.25, -0.2) is 0 Å². The molecular weight excluding hydrogens is 154 g/mol. The van der Waals surface area contributed by atoms with Crippen molar-refractivity contribution in [3.63, 3.8) is 0 Å². The van der Waals surface area contributed by atoms with Crippen molar-refractivity contribution >= 4 is 0 Å². The van der Waals surface area contributed by atoms with E-state index < -0.39 is 0 Å². The Balaban J connectivity index is 1.60. The van der Waals surface area contributed by atoms with Crippen LogP contribution in [0.25, 0.3) is 0 Å². The lowest BCUT2D eigenvalue weighted by molar-refractivity contribution is 0.0376. The van der Waals surface area contributed by atoms with Gasteiger partial charge in [0, 0.05) is 19.1 Å². The van der Waals surface area contributed by atoms with Crippen LogP contribution in [0, 0.1) is 5.92 Å². The maximum Gasteiger partial charge on any atom is 0.0711 e. The van der Waals surface area contributed by atoms with Gasteiger partial charge in [-0.05, 0) is 19.4 Å². The minimum absolute atomic E-state index is 0.464. The molecule has 2 saturated heterocycles. The number of hydrogen-bond acceptors (Lipinski definition) is 3. The summed E-state index contributed by atoms with van der Waals surface area (Å²) in [6.45, 7) is 4.88. The zero-order chi connectivity index (χ0) is 8.23. The highest BCUT2D eigenvalue weighted by molar-refractivity contribution is 4.72. The fourth-order valence-electron chi connectivity index (χ4n) is 1.76. The zero-order valence-electron chi connectivity index (χ0n) is 7.42. The lowest BCUT2D eigenvalue weighted by Gasteiger charge is -2.13. The average molecular weight is 171 g/mol. The SMILES string of the molecule is C1CC(OCC2CCOC2)CN1. The monoisotopic (exact) mass is 171 g/mol. The smallest absolute Gasteiger partial charge is 0.0711 e. The van der Waals surface area contributed by atoms with Gasteiger partial charge in [0.2, 0.25) is 0 Å². The molecule has 2 aliphatic heterocycles. The third kappa shape index (κ3) is 2.19. The predicted molar refractivity (Wildman–Crippen MR) is 46.2 cm³/mol. The second kappa shape index (κ2) is 4.21. The molecule has 0 aliphatic carbocycles. The molecule has 0 aromatic rings. The highest BCUT2D eigenvalue weighted by atomic mass is 16.5. The van der Waals surface area contributed by atoms with Gasteiger partial charge in [-0.1, -0.05) is 0 Å². The molecule has 0 aromatic carbocycles. The summed E-state index contributed by atoms with van der Waals surface area (Å²) < 4.78 is 11.0. The van der Waals surface area contributed by atoms with Crippen molar-refractivity contribution in [2.24, 2.45) is 5.92 Å². The number of rotatable bonds is 3. The minimum Gasteiger partial charge on any atom is -0.381 e. The van der Waals surface area contributed by atoms with Crippen LogP contribution in [-0.4, -0.2) is 39.0 Å². The molecule has 3 nitrogen and oxygen atoms in total. The second-order valence-corrected chi connectivity index (χ2v) is 3.68. The van der Waals surface area contributed by atoms with Crippen LogP contribution in [0.2, 0.25) is 0 Å². The van der Waals surface area contributed by atoms with Crippen molar-refractivity contribution in [3.8, 4) is 0 Å². The van der Waals surface area contributed by atoms with Gasteiger partial charge in [-0.2, -0.15) is 0 Å². The van der Waals surface area contributed by atoms with Crippen LogP contribution in [0.4, 0.5) is 0 Å². The first-order valence-electron chi connectivity index (χ1n) is 4.85. The van der Waals surface area contributed by atoms with Gasteiger partial charge >= 0.3 is 0 Å². The fourth-order valence-corrected chi connectivity index (χ4v) is 1.76. The van der Waals surface area contributed by atoms with Crippen LogP contribution in [-0.2, 0) is 9.47 Å². The summed E-state index contributed by atoms with van der Waals surface area (Å²) in [6.07, 6.45) is 2.82. The number of nitrogens with one attached hydrogen (secondary N) is 1. The maximum absolute atomic E-state index is 5.74. The zero-order valence-corrected chi connectivity index (χ0v) is 7.42.